The summed E-state index contributed by atoms with van der Waals surface area (Å²) in [5.74, 6) is 0.482. The van der Waals surface area contributed by atoms with Gasteiger partial charge in [0.05, 0.1) is 6.57 Å². The molecular formula is C8H9NS. The van der Waals surface area contributed by atoms with Gasteiger partial charge in [-0.15, -0.1) is 0 Å². The average molecular weight is 151 g/mol. The second kappa shape index (κ2) is 2.85. The Bertz CT molecular complexity index is 254. The molecule has 1 heterocycles. The Balaban J connectivity index is 3.05. The molecule has 2 heteroatoms. The van der Waals surface area contributed by atoms with Gasteiger partial charge >= 0.3 is 0 Å². The molecule has 52 valence electrons. The van der Waals surface area contributed by atoms with Crippen molar-refractivity contribution in [3.63, 3.8) is 0 Å². The summed E-state index contributed by atoms with van der Waals surface area (Å²) in [5, 5.41) is 3.96. The Hall–Kier alpha value is -0.810. The maximum Gasteiger partial charge on any atom is 0.201 e. The summed E-state index contributed by atoms with van der Waals surface area (Å²) < 4.78 is 0. The van der Waals surface area contributed by atoms with Crippen molar-refractivity contribution in [1.29, 1.82) is 0 Å². The standard InChI is InChI=1S/C8H9NS/c1-6(2)7-4-10-5-8(7)9-3/h4-6H,1-2H3. The third kappa shape index (κ3) is 1.19. The molecule has 0 unspecified atom stereocenters. The van der Waals surface area contributed by atoms with E-state index in [4.69, 9.17) is 6.57 Å². The maximum absolute atomic E-state index is 6.83. The van der Waals surface area contributed by atoms with Gasteiger partial charge in [0.1, 0.15) is 0 Å². The van der Waals surface area contributed by atoms with Crippen molar-refractivity contribution in [2.75, 3.05) is 0 Å². The van der Waals surface area contributed by atoms with Crippen LogP contribution in [-0.2, 0) is 0 Å². The first kappa shape index (κ1) is 7.30. The highest BCUT2D eigenvalue weighted by Crippen LogP contribution is 2.30. The van der Waals surface area contributed by atoms with Crippen LogP contribution in [0.5, 0.6) is 0 Å². The van der Waals surface area contributed by atoms with E-state index >= 15 is 0 Å². The van der Waals surface area contributed by atoms with E-state index in [2.05, 4.69) is 24.1 Å². The highest BCUT2D eigenvalue weighted by Gasteiger charge is 2.05. The van der Waals surface area contributed by atoms with Gasteiger partial charge in [-0.05, 0) is 22.2 Å². The van der Waals surface area contributed by atoms with Crippen LogP contribution in [0.15, 0.2) is 10.8 Å². The van der Waals surface area contributed by atoms with E-state index in [1.807, 2.05) is 5.38 Å². The van der Waals surface area contributed by atoms with Gasteiger partial charge in [-0.3, -0.25) is 0 Å². The fraction of sp³-hybridized carbons (Fsp3) is 0.375. The Morgan fingerprint density at radius 2 is 2.20 bits per heavy atom. The van der Waals surface area contributed by atoms with Crippen molar-refractivity contribution in [3.8, 4) is 0 Å². The van der Waals surface area contributed by atoms with Gasteiger partial charge in [0.2, 0.25) is 5.69 Å². The summed E-state index contributed by atoms with van der Waals surface area (Å²) in [6.45, 7) is 11.0. The van der Waals surface area contributed by atoms with Crippen LogP contribution >= 0.6 is 11.3 Å². The Morgan fingerprint density at radius 1 is 1.50 bits per heavy atom. The number of nitrogens with zero attached hydrogens (tertiary/aromatic N) is 1. The monoisotopic (exact) mass is 151 g/mol. The molecule has 0 bridgehead atoms. The van der Waals surface area contributed by atoms with Gasteiger partial charge in [-0.1, -0.05) is 13.8 Å². The Morgan fingerprint density at radius 3 is 2.60 bits per heavy atom. The summed E-state index contributed by atoms with van der Waals surface area (Å²) in [7, 11) is 0. The van der Waals surface area contributed by atoms with Gasteiger partial charge in [-0.2, -0.15) is 11.3 Å². The number of rotatable bonds is 1. The molecule has 0 saturated heterocycles. The third-order valence-corrected chi connectivity index (χ3v) is 2.16. The van der Waals surface area contributed by atoms with E-state index in [1.165, 1.54) is 5.56 Å². The van der Waals surface area contributed by atoms with Crippen LogP contribution in [0.25, 0.3) is 4.85 Å². The molecule has 0 saturated carbocycles. The minimum atomic E-state index is 0.482. The van der Waals surface area contributed by atoms with Crippen LogP contribution in [0.3, 0.4) is 0 Å². The SMILES string of the molecule is [C-]#[N+]c1cscc1C(C)C. The van der Waals surface area contributed by atoms with Crippen LogP contribution < -0.4 is 0 Å². The first-order chi connectivity index (χ1) is 4.75. The molecule has 0 N–H and O–H groups in total. The topological polar surface area (TPSA) is 4.36 Å². The quantitative estimate of drug-likeness (QED) is 0.542. The molecular weight excluding hydrogens is 142 g/mol. The van der Waals surface area contributed by atoms with Crippen LogP contribution in [0.4, 0.5) is 5.69 Å². The summed E-state index contributed by atoms with van der Waals surface area (Å²) >= 11 is 1.61. The fourth-order valence-electron chi connectivity index (χ4n) is 0.823. The van der Waals surface area contributed by atoms with E-state index in [1.54, 1.807) is 11.3 Å². The second-order valence-electron chi connectivity index (χ2n) is 2.48. The van der Waals surface area contributed by atoms with Crippen molar-refractivity contribution < 1.29 is 0 Å². The zero-order chi connectivity index (χ0) is 7.56. The van der Waals surface area contributed by atoms with Gasteiger partial charge in [-0.25, -0.2) is 4.85 Å². The van der Waals surface area contributed by atoms with Gasteiger partial charge in [0.15, 0.2) is 0 Å². The molecule has 0 spiro atoms. The molecule has 1 aromatic heterocycles. The summed E-state index contributed by atoms with van der Waals surface area (Å²) in [6.07, 6.45) is 0. The van der Waals surface area contributed by atoms with Gasteiger partial charge in [0.25, 0.3) is 0 Å². The minimum absolute atomic E-state index is 0.482. The predicted octanol–water partition coefficient (Wildman–Crippen LogP) is 3.42. The zero-order valence-electron chi connectivity index (χ0n) is 6.09. The Labute approximate surface area is 65.1 Å². The highest BCUT2D eigenvalue weighted by molar-refractivity contribution is 7.08. The molecule has 0 amide bonds. The lowest BCUT2D eigenvalue weighted by Crippen LogP contribution is -1.80. The van der Waals surface area contributed by atoms with Crippen molar-refractivity contribution in [2.24, 2.45) is 0 Å². The third-order valence-electron chi connectivity index (χ3n) is 1.41. The molecule has 0 aliphatic heterocycles. The molecule has 1 rings (SSSR count). The first-order valence-electron chi connectivity index (χ1n) is 3.19. The molecule has 0 fully saturated rings. The molecule has 0 atom stereocenters. The lowest BCUT2D eigenvalue weighted by atomic mass is 10.1. The maximum atomic E-state index is 6.83. The van der Waals surface area contributed by atoms with Crippen LogP contribution in [-0.4, -0.2) is 0 Å². The summed E-state index contributed by atoms with van der Waals surface area (Å²) in [6, 6.07) is 0. The lowest BCUT2D eigenvalue weighted by molar-refractivity contribution is 0.876. The fourth-order valence-corrected chi connectivity index (χ4v) is 1.75. The lowest BCUT2D eigenvalue weighted by Gasteiger charge is -1.99. The summed E-state index contributed by atoms with van der Waals surface area (Å²) in [5.41, 5.74) is 2.00. The minimum Gasteiger partial charge on any atom is -0.237 e. The molecule has 1 nitrogen and oxygen atoms in total. The van der Waals surface area contributed by atoms with Crippen LogP contribution in [0, 0.1) is 6.57 Å². The number of hydrogen-bond acceptors (Lipinski definition) is 1. The predicted molar refractivity (Wildman–Crippen MR) is 44.7 cm³/mol. The highest BCUT2D eigenvalue weighted by atomic mass is 32.1. The zero-order valence-corrected chi connectivity index (χ0v) is 6.90. The molecule has 1 aromatic rings. The van der Waals surface area contributed by atoms with Crippen molar-refractivity contribution >= 4 is 17.0 Å². The van der Waals surface area contributed by atoms with Crippen molar-refractivity contribution in [3.05, 3.63) is 27.7 Å². The van der Waals surface area contributed by atoms with Crippen LogP contribution in [0.2, 0.25) is 0 Å². The van der Waals surface area contributed by atoms with Crippen molar-refractivity contribution in [2.45, 2.75) is 19.8 Å². The molecule has 10 heavy (non-hydrogen) atoms. The molecule has 0 aliphatic rings. The van der Waals surface area contributed by atoms with Crippen LogP contribution in [0.1, 0.15) is 25.3 Å². The summed E-state index contributed by atoms with van der Waals surface area (Å²) in [4.78, 5) is 3.41. The van der Waals surface area contributed by atoms with E-state index in [-0.39, 0.29) is 0 Å². The molecule has 0 aromatic carbocycles. The molecule has 0 aliphatic carbocycles. The molecule has 0 radical (unpaired) electrons. The first-order valence-corrected chi connectivity index (χ1v) is 4.13. The number of hydrogen-bond donors (Lipinski definition) is 0. The van der Waals surface area contributed by atoms with E-state index in [0.29, 0.717) is 5.92 Å². The Kier molecular flexibility index (Phi) is 2.08. The van der Waals surface area contributed by atoms with Crippen molar-refractivity contribution in [1.82, 2.24) is 0 Å². The normalized spacial score (nSPS) is 9.80. The smallest absolute Gasteiger partial charge is 0.201 e. The van der Waals surface area contributed by atoms with E-state index in [0.717, 1.165) is 5.69 Å². The average Bonchev–Trinajstić information content (AvgIpc) is 2.33. The van der Waals surface area contributed by atoms with Gasteiger partial charge < -0.3 is 0 Å². The number of thiophene rings is 1. The van der Waals surface area contributed by atoms with E-state index in [9.17, 15) is 0 Å². The van der Waals surface area contributed by atoms with Gasteiger partial charge in [0, 0.05) is 0 Å². The van der Waals surface area contributed by atoms with E-state index < -0.39 is 0 Å². The second-order valence-corrected chi connectivity index (χ2v) is 3.22. The largest absolute Gasteiger partial charge is 0.237 e.